The molecular weight excluding hydrogens is 256 g/mol. The molecule has 1 heterocycles. The number of carbonyl (C=O) groups is 2. The average molecular weight is 274 g/mol. The zero-order valence-corrected chi connectivity index (χ0v) is 11.6. The molecule has 0 aromatic heterocycles. The Morgan fingerprint density at radius 3 is 2.40 bits per heavy atom. The standard InChI is InChI=1S/C15H18N2O3/c1-10(2)11-3-5-12(6-4-11)16-13-9-14(19)17(7-8-18)15(13)20/h3-6,9-10,16,18H,7-8H2,1-2H3. The van der Waals surface area contributed by atoms with Crippen LogP contribution in [-0.2, 0) is 9.59 Å². The van der Waals surface area contributed by atoms with Crippen molar-refractivity contribution in [2.75, 3.05) is 18.5 Å². The van der Waals surface area contributed by atoms with E-state index in [9.17, 15) is 9.59 Å². The fraction of sp³-hybridized carbons (Fsp3) is 0.333. The largest absolute Gasteiger partial charge is 0.395 e. The molecule has 1 aromatic carbocycles. The fourth-order valence-electron chi connectivity index (χ4n) is 2.02. The van der Waals surface area contributed by atoms with Crippen molar-refractivity contribution in [2.45, 2.75) is 19.8 Å². The van der Waals surface area contributed by atoms with Gasteiger partial charge in [0.05, 0.1) is 13.2 Å². The molecule has 0 unspecified atom stereocenters. The zero-order valence-electron chi connectivity index (χ0n) is 11.6. The summed E-state index contributed by atoms with van der Waals surface area (Å²) >= 11 is 0. The van der Waals surface area contributed by atoms with E-state index in [1.54, 1.807) is 0 Å². The minimum absolute atomic E-state index is 0.0195. The van der Waals surface area contributed by atoms with E-state index in [4.69, 9.17) is 5.11 Å². The number of rotatable bonds is 5. The van der Waals surface area contributed by atoms with Gasteiger partial charge in [-0.1, -0.05) is 26.0 Å². The van der Waals surface area contributed by atoms with Crippen LogP contribution in [0.2, 0.25) is 0 Å². The van der Waals surface area contributed by atoms with E-state index < -0.39 is 11.8 Å². The predicted octanol–water partition coefficient (Wildman–Crippen LogP) is 1.47. The summed E-state index contributed by atoms with van der Waals surface area (Å²) in [6.07, 6.45) is 1.26. The van der Waals surface area contributed by atoms with Gasteiger partial charge in [0.1, 0.15) is 5.70 Å². The lowest BCUT2D eigenvalue weighted by atomic mass is 10.0. The molecule has 0 saturated carbocycles. The Bertz CT molecular complexity index is 547. The normalized spacial score (nSPS) is 15.0. The number of aliphatic hydroxyl groups excluding tert-OH is 1. The Morgan fingerprint density at radius 1 is 1.20 bits per heavy atom. The third-order valence-corrected chi connectivity index (χ3v) is 3.19. The van der Waals surface area contributed by atoms with Gasteiger partial charge >= 0.3 is 0 Å². The van der Waals surface area contributed by atoms with Gasteiger partial charge in [0.2, 0.25) is 0 Å². The third kappa shape index (κ3) is 2.88. The van der Waals surface area contributed by atoms with E-state index >= 15 is 0 Å². The molecule has 0 fully saturated rings. The van der Waals surface area contributed by atoms with E-state index in [0.29, 0.717) is 5.92 Å². The molecule has 0 bridgehead atoms. The summed E-state index contributed by atoms with van der Waals surface area (Å²) in [6, 6.07) is 7.73. The van der Waals surface area contributed by atoms with Gasteiger partial charge in [-0.05, 0) is 23.6 Å². The van der Waals surface area contributed by atoms with Crippen LogP contribution in [0.15, 0.2) is 36.0 Å². The quantitative estimate of drug-likeness (QED) is 0.798. The Labute approximate surface area is 117 Å². The topological polar surface area (TPSA) is 69.6 Å². The van der Waals surface area contributed by atoms with Gasteiger partial charge in [0.15, 0.2) is 0 Å². The van der Waals surface area contributed by atoms with Crippen molar-refractivity contribution < 1.29 is 14.7 Å². The van der Waals surface area contributed by atoms with Gasteiger partial charge in [0, 0.05) is 11.8 Å². The summed E-state index contributed by atoms with van der Waals surface area (Å²) < 4.78 is 0. The van der Waals surface area contributed by atoms with Gasteiger partial charge in [-0.2, -0.15) is 0 Å². The SMILES string of the molecule is CC(C)c1ccc(NC2=CC(=O)N(CCO)C2=O)cc1. The fourth-order valence-corrected chi connectivity index (χ4v) is 2.02. The maximum absolute atomic E-state index is 11.9. The summed E-state index contributed by atoms with van der Waals surface area (Å²) in [5, 5.41) is 11.8. The van der Waals surface area contributed by atoms with Crippen molar-refractivity contribution in [3.05, 3.63) is 41.6 Å². The van der Waals surface area contributed by atoms with Gasteiger partial charge in [0.25, 0.3) is 11.8 Å². The molecule has 1 aliphatic heterocycles. The monoisotopic (exact) mass is 274 g/mol. The lowest BCUT2D eigenvalue weighted by Gasteiger charge is -2.13. The van der Waals surface area contributed by atoms with Crippen LogP contribution in [0.1, 0.15) is 25.3 Å². The summed E-state index contributed by atoms with van der Waals surface area (Å²) in [7, 11) is 0. The molecule has 20 heavy (non-hydrogen) atoms. The molecule has 0 radical (unpaired) electrons. The Morgan fingerprint density at radius 2 is 1.85 bits per heavy atom. The Balaban J connectivity index is 2.09. The van der Waals surface area contributed by atoms with E-state index in [1.807, 2.05) is 24.3 Å². The number of hydrogen-bond donors (Lipinski definition) is 2. The highest BCUT2D eigenvalue weighted by atomic mass is 16.3. The number of carbonyl (C=O) groups excluding carboxylic acids is 2. The Kier molecular flexibility index (Phi) is 4.20. The van der Waals surface area contributed by atoms with Crippen molar-refractivity contribution in [1.82, 2.24) is 4.90 Å². The molecule has 2 rings (SSSR count). The molecule has 0 spiro atoms. The minimum Gasteiger partial charge on any atom is -0.395 e. The summed E-state index contributed by atoms with van der Waals surface area (Å²) in [6.45, 7) is 4.00. The van der Waals surface area contributed by atoms with Gasteiger partial charge in [-0.3, -0.25) is 14.5 Å². The van der Waals surface area contributed by atoms with Gasteiger partial charge in [-0.15, -0.1) is 0 Å². The molecular formula is C15H18N2O3. The van der Waals surface area contributed by atoms with Crippen molar-refractivity contribution in [3.63, 3.8) is 0 Å². The van der Waals surface area contributed by atoms with Crippen LogP contribution >= 0.6 is 0 Å². The van der Waals surface area contributed by atoms with E-state index in [-0.39, 0.29) is 18.8 Å². The molecule has 1 aromatic rings. The molecule has 2 amide bonds. The maximum Gasteiger partial charge on any atom is 0.277 e. The van der Waals surface area contributed by atoms with Crippen LogP contribution in [-0.4, -0.2) is 35.0 Å². The van der Waals surface area contributed by atoms with Crippen LogP contribution < -0.4 is 5.32 Å². The second-order valence-corrected chi connectivity index (χ2v) is 4.98. The number of anilines is 1. The van der Waals surface area contributed by atoms with Crippen molar-refractivity contribution in [2.24, 2.45) is 0 Å². The lowest BCUT2D eigenvalue weighted by Crippen LogP contribution is -2.34. The highest BCUT2D eigenvalue weighted by Crippen LogP contribution is 2.20. The minimum atomic E-state index is -0.406. The van der Waals surface area contributed by atoms with Crippen molar-refractivity contribution in [1.29, 1.82) is 0 Å². The average Bonchev–Trinajstić information content (AvgIpc) is 2.67. The number of amides is 2. The number of aliphatic hydroxyl groups is 1. The smallest absolute Gasteiger partial charge is 0.277 e. The molecule has 5 nitrogen and oxygen atoms in total. The summed E-state index contributed by atoms with van der Waals surface area (Å²) in [5.74, 6) is -0.361. The number of nitrogens with one attached hydrogen (secondary N) is 1. The van der Waals surface area contributed by atoms with Crippen LogP contribution in [0.25, 0.3) is 0 Å². The van der Waals surface area contributed by atoms with Crippen LogP contribution in [0, 0.1) is 0 Å². The second-order valence-electron chi connectivity index (χ2n) is 4.98. The van der Waals surface area contributed by atoms with Crippen LogP contribution in [0.3, 0.4) is 0 Å². The Hall–Kier alpha value is -2.14. The molecule has 1 aliphatic rings. The summed E-state index contributed by atoms with van der Waals surface area (Å²) in [4.78, 5) is 24.6. The van der Waals surface area contributed by atoms with Crippen molar-refractivity contribution in [3.8, 4) is 0 Å². The molecule has 5 heteroatoms. The van der Waals surface area contributed by atoms with Gasteiger partial charge in [-0.25, -0.2) is 0 Å². The first-order valence-corrected chi connectivity index (χ1v) is 6.58. The molecule has 106 valence electrons. The number of imide groups is 1. The van der Waals surface area contributed by atoms with Gasteiger partial charge < -0.3 is 10.4 Å². The van der Waals surface area contributed by atoms with E-state index in [0.717, 1.165) is 10.6 Å². The predicted molar refractivity (Wildman–Crippen MR) is 76.0 cm³/mol. The number of hydrogen-bond acceptors (Lipinski definition) is 4. The van der Waals surface area contributed by atoms with E-state index in [1.165, 1.54) is 11.6 Å². The first kappa shape index (κ1) is 14.3. The molecule has 0 aliphatic carbocycles. The first-order chi connectivity index (χ1) is 9.52. The van der Waals surface area contributed by atoms with Crippen LogP contribution in [0.4, 0.5) is 5.69 Å². The van der Waals surface area contributed by atoms with E-state index in [2.05, 4.69) is 19.2 Å². The highest BCUT2D eigenvalue weighted by molar-refractivity contribution is 6.17. The second kappa shape index (κ2) is 5.88. The van der Waals surface area contributed by atoms with Crippen molar-refractivity contribution >= 4 is 17.5 Å². The lowest BCUT2D eigenvalue weighted by molar-refractivity contribution is -0.137. The molecule has 2 N–H and O–H groups in total. The first-order valence-electron chi connectivity index (χ1n) is 6.58. The molecule has 0 saturated heterocycles. The third-order valence-electron chi connectivity index (χ3n) is 3.19. The molecule has 0 atom stereocenters. The summed E-state index contributed by atoms with van der Waals surface area (Å²) in [5.41, 5.74) is 2.20. The number of β-amino-alcohol motifs (C(OH)–C–C–N with tert-alkyl or cyclic N) is 1. The highest BCUT2D eigenvalue weighted by Gasteiger charge is 2.30. The number of nitrogens with zero attached hydrogens (tertiary/aromatic N) is 1. The number of benzene rings is 1. The van der Waals surface area contributed by atoms with Crippen LogP contribution in [0.5, 0.6) is 0 Å². The maximum atomic E-state index is 11.9. The zero-order chi connectivity index (χ0) is 14.7.